The molecule has 0 amide bonds. The Labute approximate surface area is 87.2 Å². The van der Waals surface area contributed by atoms with Crippen molar-refractivity contribution in [2.75, 3.05) is 7.05 Å². The lowest BCUT2D eigenvalue weighted by molar-refractivity contribution is -0.414. The first-order valence-corrected chi connectivity index (χ1v) is 4.76. The molecule has 0 spiro atoms. The van der Waals surface area contributed by atoms with Crippen LogP contribution in [0.1, 0.15) is 17.0 Å². The Morgan fingerprint density at radius 2 is 2.27 bits per heavy atom. The number of pyridine rings is 1. The monoisotopic (exact) mass is 205 g/mol. The molecule has 2 rings (SSSR count). The number of aromatic hydroxyl groups is 1. The molecule has 0 bridgehead atoms. The van der Waals surface area contributed by atoms with Crippen LogP contribution >= 0.6 is 0 Å². The Morgan fingerprint density at radius 3 is 2.80 bits per heavy atom. The summed E-state index contributed by atoms with van der Waals surface area (Å²) >= 11 is 0. The average Bonchev–Trinajstić information content (AvgIpc) is 2.49. The number of H-pyrrole nitrogens is 1. The third kappa shape index (κ3) is 1.70. The molecule has 0 saturated carbocycles. The van der Waals surface area contributed by atoms with Crippen LogP contribution in [0.2, 0.25) is 0 Å². The van der Waals surface area contributed by atoms with Crippen molar-refractivity contribution in [3.63, 3.8) is 0 Å². The smallest absolute Gasteiger partial charge is 0.250 e. The minimum absolute atomic E-state index is 0.0341. The van der Waals surface area contributed by atoms with Gasteiger partial charge in [-0.3, -0.25) is 9.78 Å². The molecule has 1 atom stereocenters. The van der Waals surface area contributed by atoms with Crippen LogP contribution in [0.25, 0.3) is 0 Å². The van der Waals surface area contributed by atoms with Gasteiger partial charge in [0.15, 0.2) is 18.3 Å². The van der Waals surface area contributed by atoms with Crippen LogP contribution < -0.4 is 5.56 Å². The van der Waals surface area contributed by atoms with Crippen molar-refractivity contribution in [2.45, 2.75) is 12.8 Å². The third-order valence-electron chi connectivity index (χ3n) is 2.53. The summed E-state index contributed by atoms with van der Waals surface area (Å²) in [6.07, 6.45) is 5.87. The SMILES string of the molecule is Cc1cc(=O)[nH]c(O)c1C1C=C[N+](C)=C1. The van der Waals surface area contributed by atoms with E-state index in [0.717, 1.165) is 11.1 Å². The molecule has 1 aromatic heterocycles. The van der Waals surface area contributed by atoms with Crippen molar-refractivity contribution in [3.05, 3.63) is 39.8 Å². The summed E-state index contributed by atoms with van der Waals surface area (Å²) in [5, 5.41) is 9.69. The summed E-state index contributed by atoms with van der Waals surface area (Å²) in [4.78, 5) is 13.5. The molecule has 4 heteroatoms. The van der Waals surface area contributed by atoms with E-state index in [1.54, 1.807) is 0 Å². The molecule has 1 aliphatic heterocycles. The molecular weight excluding hydrogens is 192 g/mol. The van der Waals surface area contributed by atoms with Crippen LogP contribution in [0.4, 0.5) is 0 Å². The van der Waals surface area contributed by atoms with Gasteiger partial charge in [0, 0.05) is 11.6 Å². The zero-order chi connectivity index (χ0) is 11.0. The van der Waals surface area contributed by atoms with Gasteiger partial charge in [0.1, 0.15) is 7.05 Å². The van der Waals surface area contributed by atoms with E-state index in [1.807, 2.05) is 37.0 Å². The highest BCUT2D eigenvalue weighted by Crippen LogP contribution is 2.27. The maximum atomic E-state index is 11.1. The molecule has 1 unspecified atom stereocenters. The molecule has 78 valence electrons. The summed E-state index contributed by atoms with van der Waals surface area (Å²) in [5.41, 5.74) is 1.29. The molecule has 0 fully saturated rings. The molecule has 1 aromatic rings. The second-order valence-electron chi connectivity index (χ2n) is 3.76. The maximum absolute atomic E-state index is 11.1. The first-order valence-electron chi connectivity index (χ1n) is 4.76. The van der Waals surface area contributed by atoms with E-state index in [0.29, 0.717) is 0 Å². The number of nitrogens with zero attached hydrogens (tertiary/aromatic N) is 1. The number of aromatic nitrogens is 1. The minimum atomic E-state index is -0.274. The zero-order valence-electron chi connectivity index (χ0n) is 8.69. The molecular formula is C11H13N2O2+. The fraction of sp³-hybridized carbons (Fsp3) is 0.273. The standard InChI is InChI=1S/C11H12N2O2/c1-7-5-9(14)12-11(15)10(7)8-3-4-13(2)6-8/h3-6,8H,1-2H3,(H-,12,14,15)/p+1. The van der Waals surface area contributed by atoms with Gasteiger partial charge in [-0.1, -0.05) is 0 Å². The first-order chi connectivity index (χ1) is 7.08. The van der Waals surface area contributed by atoms with Crippen molar-refractivity contribution >= 4 is 6.21 Å². The third-order valence-corrected chi connectivity index (χ3v) is 2.53. The molecule has 4 nitrogen and oxygen atoms in total. The van der Waals surface area contributed by atoms with E-state index < -0.39 is 0 Å². The van der Waals surface area contributed by atoms with Gasteiger partial charge in [-0.05, 0) is 18.6 Å². The number of aromatic amines is 1. The maximum Gasteiger partial charge on any atom is 0.250 e. The molecule has 0 saturated heterocycles. The van der Waals surface area contributed by atoms with Gasteiger partial charge in [0.25, 0.3) is 5.56 Å². The molecule has 15 heavy (non-hydrogen) atoms. The Kier molecular flexibility index (Phi) is 2.19. The molecule has 0 aromatic carbocycles. The van der Waals surface area contributed by atoms with Gasteiger partial charge in [0.2, 0.25) is 0 Å². The van der Waals surface area contributed by atoms with Crippen LogP contribution in [-0.4, -0.2) is 27.9 Å². The summed E-state index contributed by atoms with van der Waals surface area (Å²) < 4.78 is 1.93. The largest absolute Gasteiger partial charge is 0.494 e. The number of rotatable bonds is 1. The highest BCUT2D eigenvalue weighted by atomic mass is 16.3. The average molecular weight is 205 g/mol. The Morgan fingerprint density at radius 1 is 1.53 bits per heavy atom. The van der Waals surface area contributed by atoms with Gasteiger partial charge in [0.05, 0.1) is 5.92 Å². The van der Waals surface area contributed by atoms with Crippen molar-refractivity contribution in [1.29, 1.82) is 0 Å². The fourth-order valence-corrected chi connectivity index (χ4v) is 1.85. The molecule has 1 aliphatic rings. The number of hydrogen-bond acceptors (Lipinski definition) is 2. The predicted molar refractivity (Wildman–Crippen MR) is 57.6 cm³/mol. The molecule has 2 heterocycles. The highest BCUT2D eigenvalue weighted by Gasteiger charge is 2.21. The van der Waals surface area contributed by atoms with Crippen LogP contribution in [0, 0.1) is 6.92 Å². The summed E-state index contributed by atoms with van der Waals surface area (Å²) in [6.45, 7) is 1.82. The molecule has 0 radical (unpaired) electrons. The van der Waals surface area contributed by atoms with Crippen LogP contribution in [0.3, 0.4) is 0 Å². The number of allylic oxidation sites excluding steroid dienone is 1. The lowest BCUT2D eigenvalue weighted by atomic mass is 9.98. The van der Waals surface area contributed by atoms with Crippen molar-refractivity contribution in [2.24, 2.45) is 0 Å². The lowest BCUT2D eigenvalue weighted by Gasteiger charge is -2.08. The topological polar surface area (TPSA) is 56.1 Å². The lowest BCUT2D eigenvalue weighted by Crippen LogP contribution is -2.10. The van der Waals surface area contributed by atoms with E-state index in [-0.39, 0.29) is 17.4 Å². The molecule has 0 aliphatic carbocycles. The van der Waals surface area contributed by atoms with Gasteiger partial charge in [-0.2, -0.15) is 0 Å². The van der Waals surface area contributed by atoms with Gasteiger partial charge >= 0.3 is 0 Å². The van der Waals surface area contributed by atoms with Crippen LogP contribution in [-0.2, 0) is 0 Å². The second-order valence-corrected chi connectivity index (χ2v) is 3.76. The summed E-state index contributed by atoms with van der Waals surface area (Å²) in [5.74, 6) is -0.00644. The van der Waals surface area contributed by atoms with Crippen molar-refractivity contribution < 1.29 is 9.68 Å². The molecule has 2 N–H and O–H groups in total. The number of nitrogens with one attached hydrogen (secondary N) is 1. The van der Waals surface area contributed by atoms with Crippen LogP contribution in [0.15, 0.2) is 23.1 Å². The van der Waals surface area contributed by atoms with E-state index in [4.69, 9.17) is 0 Å². The van der Waals surface area contributed by atoms with Crippen LogP contribution in [0.5, 0.6) is 5.88 Å². The quantitative estimate of drug-likeness (QED) is 0.663. The van der Waals surface area contributed by atoms with E-state index in [2.05, 4.69) is 4.98 Å². The predicted octanol–water partition coefficient (Wildman–Crippen LogP) is 0.713. The van der Waals surface area contributed by atoms with Crippen molar-refractivity contribution in [3.8, 4) is 5.88 Å². The van der Waals surface area contributed by atoms with Gasteiger partial charge < -0.3 is 5.11 Å². The van der Waals surface area contributed by atoms with E-state index in [9.17, 15) is 9.90 Å². The minimum Gasteiger partial charge on any atom is -0.494 e. The summed E-state index contributed by atoms with van der Waals surface area (Å²) in [7, 11) is 1.93. The van der Waals surface area contributed by atoms with Gasteiger partial charge in [-0.25, -0.2) is 4.58 Å². The Bertz CT molecular complexity index is 486. The van der Waals surface area contributed by atoms with E-state index >= 15 is 0 Å². The highest BCUT2D eigenvalue weighted by molar-refractivity contribution is 5.70. The summed E-state index contributed by atoms with van der Waals surface area (Å²) in [6, 6.07) is 1.50. The normalized spacial score (nSPS) is 19.3. The van der Waals surface area contributed by atoms with E-state index in [1.165, 1.54) is 6.07 Å². The Balaban J connectivity index is 2.54. The van der Waals surface area contributed by atoms with Crippen molar-refractivity contribution in [1.82, 2.24) is 4.98 Å². The Hall–Kier alpha value is -1.84. The zero-order valence-corrected chi connectivity index (χ0v) is 8.69. The first kappa shape index (κ1) is 9.71. The van der Waals surface area contributed by atoms with Gasteiger partial charge in [-0.15, -0.1) is 0 Å². The number of hydrogen-bond donors (Lipinski definition) is 2. The second kappa shape index (κ2) is 3.38. The fourth-order valence-electron chi connectivity index (χ4n) is 1.85. The number of aryl methyl sites for hydroxylation is 1.